The second-order valence-electron chi connectivity index (χ2n) is 7.71. The summed E-state index contributed by atoms with van der Waals surface area (Å²) in [5.41, 5.74) is 0.418. The highest BCUT2D eigenvalue weighted by molar-refractivity contribution is 5.72. The van der Waals surface area contributed by atoms with Crippen molar-refractivity contribution >= 4 is 0 Å². The number of hydrogen-bond donors (Lipinski definition) is 1. The molecule has 0 saturated heterocycles. The first-order valence-electron chi connectivity index (χ1n) is 10.2. The Kier molecular flexibility index (Phi) is 6.09. The number of aromatic nitrogens is 2. The van der Waals surface area contributed by atoms with E-state index in [2.05, 4.69) is 4.98 Å². The zero-order valence-corrected chi connectivity index (χ0v) is 18.0. The van der Waals surface area contributed by atoms with E-state index in [1.54, 1.807) is 35.9 Å². The predicted octanol–water partition coefficient (Wildman–Crippen LogP) is 4.42. The molecule has 6 nitrogen and oxygen atoms in total. The molecule has 3 aromatic carbocycles. The molecule has 0 radical (unpaired) electrons. The van der Waals surface area contributed by atoms with Crippen molar-refractivity contribution in [3.05, 3.63) is 107 Å². The number of ether oxygens (including phenoxy) is 1. The van der Waals surface area contributed by atoms with Gasteiger partial charge in [-0.05, 0) is 53.6 Å². The number of nitrogens with zero attached hydrogens (tertiary/aromatic N) is 4. The van der Waals surface area contributed by atoms with E-state index in [-0.39, 0.29) is 23.5 Å². The van der Waals surface area contributed by atoms with Crippen LogP contribution >= 0.6 is 0 Å². The van der Waals surface area contributed by atoms with Crippen molar-refractivity contribution in [2.24, 2.45) is 7.05 Å². The van der Waals surface area contributed by atoms with Crippen LogP contribution in [-0.2, 0) is 12.6 Å². The number of halogens is 2. The van der Waals surface area contributed by atoms with Crippen molar-refractivity contribution in [2.75, 3.05) is 6.61 Å². The van der Waals surface area contributed by atoms with Crippen LogP contribution in [0.15, 0.2) is 73.2 Å². The minimum Gasteiger partial charge on any atom is -0.489 e. The Balaban J connectivity index is 1.77. The molecule has 1 aromatic heterocycles. The summed E-state index contributed by atoms with van der Waals surface area (Å²) in [5.74, 6) is -1.32. The molecule has 0 saturated carbocycles. The number of imidazole rings is 1. The minimum atomic E-state index is -1.67. The van der Waals surface area contributed by atoms with Crippen molar-refractivity contribution in [1.82, 2.24) is 9.55 Å². The van der Waals surface area contributed by atoms with Crippen molar-refractivity contribution in [1.29, 1.82) is 10.5 Å². The Bertz CT molecular complexity index is 1410. The largest absolute Gasteiger partial charge is 0.489 e. The van der Waals surface area contributed by atoms with Gasteiger partial charge in [-0.3, -0.25) is 0 Å². The van der Waals surface area contributed by atoms with Gasteiger partial charge in [0.05, 0.1) is 41.5 Å². The maximum absolute atomic E-state index is 13.9. The van der Waals surface area contributed by atoms with Crippen LogP contribution in [0.3, 0.4) is 0 Å². The van der Waals surface area contributed by atoms with E-state index in [0.29, 0.717) is 22.4 Å². The molecule has 0 spiro atoms. The monoisotopic (exact) mass is 456 g/mol. The van der Waals surface area contributed by atoms with Gasteiger partial charge in [-0.2, -0.15) is 10.5 Å². The lowest BCUT2D eigenvalue weighted by molar-refractivity contribution is 0.0218. The molecular weight excluding hydrogens is 438 g/mol. The summed E-state index contributed by atoms with van der Waals surface area (Å²) in [7, 11) is 1.72. The third-order valence-corrected chi connectivity index (χ3v) is 5.45. The van der Waals surface area contributed by atoms with Crippen LogP contribution in [-0.4, -0.2) is 21.3 Å². The predicted molar refractivity (Wildman–Crippen MR) is 119 cm³/mol. The lowest BCUT2D eigenvalue weighted by Gasteiger charge is -2.29. The van der Waals surface area contributed by atoms with E-state index in [0.717, 1.165) is 18.2 Å². The molecule has 1 N–H and O–H groups in total. The Hall–Kier alpha value is -4.53. The molecule has 34 heavy (non-hydrogen) atoms. The smallest absolute Gasteiger partial charge is 0.165 e. The number of rotatable bonds is 6. The fourth-order valence-electron chi connectivity index (χ4n) is 3.72. The third kappa shape index (κ3) is 4.36. The first-order valence-corrected chi connectivity index (χ1v) is 10.2. The van der Waals surface area contributed by atoms with Gasteiger partial charge in [-0.15, -0.1) is 0 Å². The fourth-order valence-corrected chi connectivity index (χ4v) is 3.72. The first kappa shape index (κ1) is 22.7. The highest BCUT2D eigenvalue weighted by atomic mass is 19.1. The summed E-state index contributed by atoms with van der Waals surface area (Å²) >= 11 is 0. The van der Waals surface area contributed by atoms with Crippen molar-refractivity contribution in [3.8, 4) is 29.0 Å². The van der Waals surface area contributed by atoms with E-state index in [9.17, 15) is 19.1 Å². The number of hydrogen-bond acceptors (Lipinski definition) is 5. The lowest BCUT2D eigenvalue weighted by Crippen LogP contribution is -2.36. The summed E-state index contributed by atoms with van der Waals surface area (Å²) in [6, 6.07) is 18.0. The zero-order valence-electron chi connectivity index (χ0n) is 18.0. The van der Waals surface area contributed by atoms with Gasteiger partial charge in [-0.1, -0.05) is 12.1 Å². The molecule has 0 amide bonds. The molecule has 1 heterocycles. The molecule has 1 atom stereocenters. The van der Waals surface area contributed by atoms with Gasteiger partial charge in [0, 0.05) is 18.7 Å². The average molecular weight is 456 g/mol. The van der Waals surface area contributed by atoms with Crippen LogP contribution in [0, 0.1) is 34.3 Å². The van der Waals surface area contributed by atoms with Crippen molar-refractivity contribution < 1.29 is 18.6 Å². The maximum Gasteiger partial charge on any atom is 0.165 e. The number of aliphatic hydroxyl groups is 1. The quantitative estimate of drug-likeness (QED) is 0.463. The van der Waals surface area contributed by atoms with E-state index >= 15 is 0 Å². The summed E-state index contributed by atoms with van der Waals surface area (Å²) in [4.78, 5) is 4.08. The normalized spacial score (nSPS) is 12.4. The van der Waals surface area contributed by atoms with Gasteiger partial charge in [0.1, 0.15) is 24.0 Å². The molecule has 4 aromatic rings. The second kappa shape index (κ2) is 9.14. The average Bonchev–Trinajstić information content (AvgIpc) is 3.28. The van der Waals surface area contributed by atoms with E-state index in [1.165, 1.54) is 30.7 Å². The van der Waals surface area contributed by atoms with Crippen LogP contribution in [0.1, 0.15) is 22.4 Å². The van der Waals surface area contributed by atoms with Gasteiger partial charge in [0.25, 0.3) is 0 Å². The summed E-state index contributed by atoms with van der Waals surface area (Å²) < 4.78 is 35.5. The third-order valence-electron chi connectivity index (χ3n) is 5.45. The lowest BCUT2D eigenvalue weighted by atomic mass is 9.90. The van der Waals surface area contributed by atoms with Crippen LogP contribution in [0.2, 0.25) is 0 Å². The van der Waals surface area contributed by atoms with Gasteiger partial charge in [0.15, 0.2) is 5.60 Å². The molecule has 0 aliphatic carbocycles. The molecule has 0 bridgehead atoms. The van der Waals surface area contributed by atoms with Crippen molar-refractivity contribution in [2.45, 2.75) is 5.60 Å². The Morgan fingerprint density at radius 1 is 0.971 bits per heavy atom. The molecule has 168 valence electrons. The fraction of sp³-hybridized carbons (Fsp3) is 0.115. The van der Waals surface area contributed by atoms with E-state index in [1.807, 2.05) is 12.1 Å². The van der Waals surface area contributed by atoms with Crippen LogP contribution in [0.5, 0.6) is 5.75 Å². The molecule has 0 aliphatic rings. The molecule has 8 heteroatoms. The molecule has 1 unspecified atom stereocenters. The van der Waals surface area contributed by atoms with Gasteiger partial charge in [0.2, 0.25) is 0 Å². The van der Waals surface area contributed by atoms with Crippen molar-refractivity contribution in [3.63, 3.8) is 0 Å². The number of aryl methyl sites for hydroxylation is 1. The molecule has 4 rings (SSSR count). The van der Waals surface area contributed by atoms with Gasteiger partial charge in [-0.25, -0.2) is 13.8 Å². The Morgan fingerprint density at radius 3 is 2.21 bits per heavy atom. The number of benzene rings is 3. The van der Waals surface area contributed by atoms with Crippen LogP contribution in [0.25, 0.3) is 11.1 Å². The zero-order chi connectivity index (χ0) is 24.3. The molecule has 0 fully saturated rings. The van der Waals surface area contributed by atoms with Crippen LogP contribution < -0.4 is 4.74 Å². The Morgan fingerprint density at radius 2 is 1.62 bits per heavy atom. The van der Waals surface area contributed by atoms with Gasteiger partial charge < -0.3 is 14.4 Å². The SMILES string of the molecule is Cn1cncc1C(O)(COc1ccc(C#N)cc1-c1cc(F)cc(F)c1)c1ccc(C#N)cc1. The van der Waals surface area contributed by atoms with Crippen LogP contribution in [0.4, 0.5) is 8.78 Å². The highest BCUT2D eigenvalue weighted by Gasteiger charge is 2.36. The summed E-state index contributed by atoms with van der Waals surface area (Å²) in [6.07, 6.45) is 3.04. The van der Waals surface area contributed by atoms with Gasteiger partial charge >= 0.3 is 0 Å². The highest BCUT2D eigenvalue weighted by Crippen LogP contribution is 2.35. The number of nitriles is 2. The molecule has 0 aliphatic heterocycles. The Labute approximate surface area is 194 Å². The van der Waals surface area contributed by atoms with E-state index in [4.69, 9.17) is 10.00 Å². The first-order chi connectivity index (χ1) is 16.3. The standard InChI is InChI=1S/C26H18F2N4O2/c1-32-16-31-14-25(32)26(33,20-5-2-17(12-29)3-6-20)15-34-24-7-4-18(13-30)8-23(24)19-9-21(27)11-22(28)10-19/h2-11,14,16,33H,15H2,1H3. The van der Waals surface area contributed by atoms with E-state index < -0.39 is 17.2 Å². The summed E-state index contributed by atoms with van der Waals surface area (Å²) in [6.45, 7) is -0.283. The maximum atomic E-state index is 13.9. The molecular formula is C26H18F2N4O2. The summed E-state index contributed by atoms with van der Waals surface area (Å²) in [5, 5.41) is 30.2. The minimum absolute atomic E-state index is 0.187. The second-order valence-corrected chi connectivity index (χ2v) is 7.71. The topological polar surface area (TPSA) is 94.9 Å².